The molecule has 3 aliphatic rings. The minimum absolute atomic E-state index is 0.0823. The van der Waals surface area contributed by atoms with E-state index in [9.17, 15) is 39.6 Å². The predicted octanol–water partition coefficient (Wildman–Crippen LogP) is 9.49. The number of Topliss-reactive ketones (excluding diaryl/α,β-unsaturated/α-hetero) is 1. The Bertz CT molecular complexity index is 2830. The number of ketones is 1. The minimum Gasteiger partial charge on any atom is -0.380 e. The van der Waals surface area contributed by atoms with E-state index in [4.69, 9.17) is 17.1 Å². The van der Waals surface area contributed by atoms with Gasteiger partial charge in [-0.25, -0.2) is 16.8 Å². The summed E-state index contributed by atoms with van der Waals surface area (Å²) in [7, 11) is -10.7. The van der Waals surface area contributed by atoms with Gasteiger partial charge in [0.25, 0.3) is 9.84 Å². The zero-order valence-corrected chi connectivity index (χ0v) is 42.9. The first-order valence-electron chi connectivity index (χ1n) is 23.4. The average molecular weight is 1060 g/mol. The first kappa shape index (κ1) is 53.7. The number of halogens is 4. The molecule has 0 aromatic heterocycles. The lowest BCUT2D eigenvalue weighted by Crippen LogP contribution is -2.50. The van der Waals surface area contributed by atoms with Crippen LogP contribution in [0.25, 0.3) is 16.0 Å². The highest BCUT2D eigenvalue weighted by molar-refractivity contribution is 7.99. The molecule has 0 spiro atoms. The van der Waals surface area contributed by atoms with Crippen molar-refractivity contribution >= 4 is 71.7 Å². The summed E-state index contributed by atoms with van der Waals surface area (Å²) in [6.07, 6.45) is 3.47. The fourth-order valence-electron chi connectivity index (χ4n) is 9.24. The van der Waals surface area contributed by atoms with Crippen LogP contribution in [0, 0.1) is 5.41 Å². The number of carbonyl (C=O) groups is 2. The van der Waals surface area contributed by atoms with Gasteiger partial charge in [0, 0.05) is 103 Å². The highest BCUT2D eigenvalue weighted by Gasteiger charge is 2.48. The topological polar surface area (TPSA) is 176 Å². The number of amides is 1. The molecule has 1 aliphatic carbocycles. The van der Waals surface area contributed by atoms with Crippen molar-refractivity contribution in [2.24, 2.45) is 10.5 Å². The SMILES string of the molecule is CC1(C)CCC(c2ccc(Cl)cc2)=C(CN2CCN(c3ccc(C(=O)CS(=O)(=O)c4ccc(N[C@H](CCN5CCN(C(=O)CN=[N+]=[N-])CC5)CSc5ccccc5)c(S(=O)(=O)C(F)(F)F)c4)cc3)CC2)C1. The quantitative estimate of drug-likeness (QED) is 0.0311. The molecule has 0 saturated carbocycles. The second kappa shape index (κ2) is 23.2. The van der Waals surface area contributed by atoms with E-state index in [2.05, 4.69) is 56.0 Å². The minimum atomic E-state index is -6.10. The molecule has 21 heteroatoms. The summed E-state index contributed by atoms with van der Waals surface area (Å²) in [5, 5.41) is 7.02. The molecule has 4 aromatic rings. The van der Waals surface area contributed by atoms with Crippen LogP contribution >= 0.6 is 23.4 Å². The molecule has 0 unspecified atom stereocenters. The van der Waals surface area contributed by atoms with Gasteiger partial charge in [-0.3, -0.25) is 19.4 Å². The highest BCUT2D eigenvalue weighted by Crippen LogP contribution is 2.43. The molecule has 1 amide bonds. The summed E-state index contributed by atoms with van der Waals surface area (Å²) < 4.78 is 96.8. The summed E-state index contributed by atoms with van der Waals surface area (Å²) >= 11 is 7.60. The fourth-order valence-corrected chi connectivity index (χ4v) is 12.6. The maximum atomic E-state index is 14.3. The third kappa shape index (κ3) is 14.1. The molecule has 2 fully saturated rings. The van der Waals surface area contributed by atoms with Crippen molar-refractivity contribution < 1.29 is 39.6 Å². The van der Waals surface area contributed by atoms with E-state index >= 15 is 0 Å². The van der Waals surface area contributed by atoms with E-state index in [-0.39, 0.29) is 23.4 Å². The van der Waals surface area contributed by atoms with Crippen molar-refractivity contribution in [3.8, 4) is 0 Å². The number of benzene rings is 4. The smallest absolute Gasteiger partial charge is 0.380 e. The standard InChI is InChI=1S/C50H58ClF3N8O6S3/c1-49(2)20-18-44(36-8-12-39(51)13-9-36)38(31-49)33-60-24-26-61(27-25-60)41-14-10-37(11-15-41)46(63)35-70(65,66)43-16-17-45(47(30-43)71(67,68)50(52,53)54)57-40(34-69-42-6-4-3-5-7-42)19-21-59-22-28-62(29-23-59)48(64)32-56-58-55/h3-17,30,40,57H,18-29,31-35H2,1-2H3/t40-/m1/s1. The zero-order valence-electron chi connectivity index (χ0n) is 39.7. The van der Waals surface area contributed by atoms with Gasteiger partial charge in [0.2, 0.25) is 5.91 Å². The van der Waals surface area contributed by atoms with Gasteiger partial charge in [0.05, 0.1) is 10.6 Å². The second-order valence-corrected chi connectivity index (χ2v) is 24.3. The molecule has 4 aromatic carbocycles. The number of anilines is 2. The van der Waals surface area contributed by atoms with E-state index in [1.807, 2.05) is 42.5 Å². The van der Waals surface area contributed by atoms with E-state index in [0.29, 0.717) is 56.0 Å². The molecule has 2 aliphatic heterocycles. The Balaban J connectivity index is 1.01. The lowest BCUT2D eigenvalue weighted by atomic mass is 9.73. The molecule has 71 heavy (non-hydrogen) atoms. The average Bonchev–Trinajstić information content (AvgIpc) is 3.34. The molecule has 1 atom stereocenters. The highest BCUT2D eigenvalue weighted by atomic mass is 35.5. The maximum Gasteiger partial charge on any atom is 0.501 e. The van der Waals surface area contributed by atoms with Crippen LogP contribution in [0.5, 0.6) is 0 Å². The van der Waals surface area contributed by atoms with Crippen molar-refractivity contribution in [2.75, 3.05) is 93.7 Å². The molecular weight excluding hydrogens is 997 g/mol. The van der Waals surface area contributed by atoms with Gasteiger partial charge >= 0.3 is 5.51 Å². The molecule has 1 N–H and O–H groups in total. The van der Waals surface area contributed by atoms with E-state index in [0.717, 1.165) is 74.7 Å². The van der Waals surface area contributed by atoms with Crippen LogP contribution < -0.4 is 10.2 Å². The second-order valence-electron chi connectivity index (χ2n) is 18.9. The Morgan fingerprint density at radius 1 is 0.873 bits per heavy atom. The maximum absolute atomic E-state index is 14.3. The van der Waals surface area contributed by atoms with Crippen molar-refractivity contribution in [1.82, 2.24) is 14.7 Å². The molecule has 0 bridgehead atoms. The number of nitrogens with one attached hydrogen (secondary N) is 1. The van der Waals surface area contributed by atoms with Crippen molar-refractivity contribution in [3.63, 3.8) is 0 Å². The number of thioether (sulfide) groups is 1. The Hall–Kier alpha value is -5.08. The number of rotatable bonds is 19. The number of allylic oxidation sites excluding steroid dienone is 1. The Morgan fingerprint density at radius 2 is 1.54 bits per heavy atom. The van der Waals surface area contributed by atoms with Crippen molar-refractivity contribution in [3.05, 3.63) is 129 Å². The number of azide groups is 1. The zero-order chi connectivity index (χ0) is 51.0. The predicted molar refractivity (Wildman–Crippen MR) is 273 cm³/mol. The van der Waals surface area contributed by atoms with Gasteiger partial charge in [0.15, 0.2) is 15.6 Å². The van der Waals surface area contributed by atoms with E-state index in [1.54, 1.807) is 17.0 Å². The third-order valence-corrected chi connectivity index (χ3v) is 17.8. The van der Waals surface area contributed by atoms with Gasteiger partial charge in [-0.05, 0) is 114 Å². The lowest BCUT2D eigenvalue weighted by molar-refractivity contribution is -0.131. The van der Waals surface area contributed by atoms with Gasteiger partial charge in [-0.15, -0.1) is 11.8 Å². The van der Waals surface area contributed by atoms with E-state index < -0.39 is 58.2 Å². The van der Waals surface area contributed by atoms with Crippen molar-refractivity contribution in [2.45, 2.75) is 65.8 Å². The van der Waals surface area contributed by atoms with Gasteiger partial charge in [-0.2, -0.15) is 13.2 Å². The number of carbonyl (C=O) groups excluding carboxylic acids is 2. The summed E-state index contributed by atoms with van der Waals surface area (Å²) in [5.41, 5.74) is 7.55. The van der Waals surface area contributed by atoms with Crippen LogP contribution in [0.4, 0.5) is 24.5 Å². The van der Waals surface area contributed by atoms with Crippen molar-refractivity contribution in [1.29, 1.82) is 0 Å². The third-order valence-electron chi connectivity index (χ3n) is 13.3. The fraction of sp³-hybridized carbons (Fsp3) is 0.440. The van der Waals surface area contributed by atoms with Crippen LogP contribution in [0.1, 0.15) is 55.5 Å². The Labute approximate surface area is 423 Å². The monoisotopic (exact) mass is 1050 g/mol. The number of nitrogens with zero attached hydrogens (tertiary/aromatic N) is 7. The van der Waals surface area contributed by atoms with Crippen LogP contribution in [0.15, 0.2) is 122 Å². The lowest BCUT2D eigenvalue weighted by Gasteiger charge is -2.39. The number of hydrogen-bond donors (Lipinski definition) is 1. The molecular formula is C50H58ClF3N8O6S3. The van der Waals surface area contributed by atoms with Gasteiger partial charge < -0.3 is 15.1 Å². The molecule has 14 nitrogen and oxygen atoms in total. The molecule has 0 radical (unpaired) electrons. The van der Waals surface area contributed by atoms with E-state index in [1.165, 1.54) is 40.6 Å². The van der Waals surface area contributed by atoms with Crippen LogP contribution in [0.3, 0.4) is 0 Å². The molecule has 2 saturated heterocycles. The number of piperazine rings is 2. The van der Waals surface area contributed by atoms with Gasteiger partial charge in [-0.1, -0.05) is 66.5 Å². The van der Waals surface area contributed by atoms with Crippen LogP contribution in [0.2, 0.25) is 5.02 Å². The number of sulfone groups is 2. The van der Waals surface area contributed by atoms with Crippen LogP contribution in [-0.4, -0.2) is 138 Å². The summed E-state index contributed by atoms with van der Waals surface area (Å²) in [6.45, 7) is 10.4. The largest absolute Gasteiger partial charge is 0.501 e. The summed E-state index contributed by atoms with van der Waals surface area (Å²) in [5.74, 6) is -1.91. The van der Waals surface area contributed by atoms with Gasteiger partial charge in [0.1, 0.15) is 17.2 Å². The molecule has 2 heterocycles. The number of alkyl halides is 3. The van der Waals surface area contributed by atoms with Crippen LogP contribution in [-0.2, 0) is 24.5 Å². The summed E-state index contributed by atoms with van der Waals surface area (Å²) in [4.78, 5) is 35.6. The Morgan fingerprint density at radius 3 is 2.18 bits per heavy atom. The first-order valence-corrected chi connectivity index (χ1v) is 27.9. The molecule has 7 rings (SSSR count). The first-order chi connectivity index (χ1) is 33.7. The number of hydrogen-bond acceptors (Lipinski definition) is 12. The Kier molecular flexibility index (Phi) is 17.6. The molecule has 380 valence electrons. The summed E-state index contributed by atoms with van der Waals surface area (Å²) in [6, 6.07) is 25.7. The normalized spacial score (nSPS) is 17.7.